The average molecular weight is 486 g/mol. The number of amides is 3. The highest BCUT2D eigenvalue weighted by atomic mass is 16.4. The minimum absolute atomic E-state index is 0.236. The minimum atomic E-state index is -1.20. The lowest BCUT2D eigenvalue weighted by Gasteiger charge is -2.27. The van der Waals surface area contributed by atoms with E-state index in [1.807, 2.05) is 0 Å². The van der Waals surface area contributed by atoms with Crippen molar-refractivity contribution in [2.75, 3.05) is 20.2 Å². The molecular weight excluding hydrogens is 438 g/mol. The molecule has 0 fully saturated rings. The second-order valence-corrected chi connectivity index (χ2v) is 9.04. The highest BCUT2D eigenvalue weighted by molar-refractivity contribution is 5.92. The molecule has 0 heterocycles. The van der Waals surface area contributed by atoms with Crippen molar-refractivity contribution in [2.45, 2.75) is 116 Å². The minimum Gasteiger partial charge on any atom is -0.480 e. The standard InChI is InChI=1S/C25H47N3O6/c1-4-5-6-7-8-9-10-11-12-13-14-15-16-17-22(30)28(3)21(19-29)25(34)27-20(2)24(33)26-18-23(31)32/h20-21,29H,4-19H2,1-3H3,(H,26,33)(H,27,34)(H,31,32). The van der Waals surface area contributed by atoms with Crippen LogP contribution in [0.4, 0.5) is 0 Å². The summed E-state index contributed by atoms with van der Waals surface area (Å²) in [6.45, 7) is 2.51. The van der Waals surface area contributed by atoms with E-state index < -0.39 is 43.0 Å². The Morgan fingerprint density at radius 3 is 1.71 bits per heavy atom. The third-order valence-corrected chi connectivity index (χ3v) is 6.00. The molecule has 0 aromatic carbocycles. The van der Waals surface area contributed by atoms with Gasteiger partial charge in [-0.3, -0.25) is 19.2 Å². The maximum Gasteiger partial charge on any atom is 0.322 e. The molecule has 4 N–H and O–H groups in total. The van der Waals surface area contributed by atoms with Gasteiger partial charge in [-0.25, -0.2) is 0 Å². The summed E-state index contributed by atoms with van der Waals surface area (Å²) in [6.07, 6.45) is 16.1. The van der Waals surface area contributed by atoms with Gasteiger partial charge in [0.15, 0.2) is 0 Å². The van der Waals surface area contributed by atoms with E-state index in [9.17, 15) is 24.3 Å². The van der Waals surface area contributed by atoms with Crippen LogP contribution in [0, 0.1) is 0 Å². The number of aliphatic carboxylic acids is 1. The molecule has 0 saturated heterocycles. The quantitative estimate of drug-likeness (QED) is 0.185. The van der Waals surface area contributed by atoms with Gasteiger partial charge in [0.05, 0.1) is 6.61 Å². The number of nitrogens with zero attached hydrogens (tertiary/aromatic N) is 1. The Hall–Kier alpha value is -2.16. The van der Waals surface area contributed by atoms with Crippen LogP contribution < -0.4 is 10.6 Å². The predicted octanol–water partition coefficient (Wildman–Crippen LogP) is 2.99. The number of rotatable bonds is 21. The first-order chi connectivity index (χ1) is 16.2. The Labute approximate surface area is 205 Å². The first kappa shape index (κ1) is 31.8. The maximum atomic E-state index is 12.4. The van der Waals surface area contributed by atoms with Gasteiger partial charge in [0.1, 0.15) is 18.6 Å². The van der Waals surface area contributed by atoms with Crippen LogP contribution in [0.2, 0.25) is 0 Å². The third kappa shape index (κ3) is 15.6. The van der Waals surface area contributed by atoms with E-state index in [1.54, 1.807) is 0 Å². The molecule has 0 aromatic rings. The summed E-state index contributed by atoms with van der Waals surface area (Å²) < 4.78 is 0. The smallest absolute Gasteiger partial charge is 0.322 e. The Bertz CT molecular complexity index is 599. The number of carbonyl (C=O) groups excluding carboxylic acids is 3. The number of nitrogens with one attached hydrogen (secondary N) is 2. The van der Waals surface area contributed by atoms with Gasteiger partial charge in [-0.2, -0.15) is 0 Å². The molecule has 0 aliphatic rings. The molecule has 0 bridgehead atoms. The van der Waals surface area contributed by atoms with Crippen molar-refractivity contribution in [1.29, 1.82) is 0 Å². The number of hydrogen-bond acceptors (Lipinski definition) is 5. The summed E-state index contributed by atoms with van der Waals surface area (Å²) >= 11 is 0. The summed E-state index contributed by atoms with van der Waals surface area (Å²) in [4.78, 5) is 48.4. The predicted molar refractivity (Wildman–Crippen MR) is 132 cm³/mol. The molecule has 0 rings (SSSR count). The fourth-order valence-electron chi connectivity index (χ4n) is 3.72. The third-order valence-electron chi connectivity index (χ3n) is 6.00. The van der Waals surface area contributed by atoms with Crippen LogP contribution in [-0.4, -0.2) is 71.1 Å². The van der Waals surface area contributed by atoms with Crippen LogP contribution in [0.25, 0.3) is 0 Å². The second kappa shape index (κ2) is 20.2. The van der Waals surface area contributed by atoms with E-state index in [-0.39, 0.29) is 5.91 Å². The average Bonchev–Trinajstić information content (AvgIpc) is 2.80. The van der Waals surface area contributed by atoms with Crippen molar-refractivity contribution < 1.29 is 29.4 Å². The summed E-state index contributed by atoms with van der Waals surface area (Å²) in [5.74, 6) is -2.76. The largest absolute Gasteiger partial charge is 0.480 e. The van der Waals surface area contributed by atoms with E-state index in [0.717, 1.165) is 19.3 Å². The zero-order valence-corrected chi connectivity index (χ0v) is 21.4. The molecule has 0 aliphatic carbocycles. The lowest BCUT2D eigenvalue weighted by molar-refractivity contribution is -0.142. The molecule has 0 aromatic heterocycles. The first-order valence-electron chi connectivity index (χ1n) is 12.9. The number of aliphatic hydroxyl groups is 1. The fourth-order valence-corrected chi connectivity index (χ4v) is 3.72. The Kier molecular flexibility index (Phi) is 18.9. The summed E-state index contributed by atoms with van der Waals surface area (Å²) in [5.41, 5.74) is 0. The molecule has 2 atom stereocenters. The molecule has 0 aliphatic heterocycles. The van der Waals surface area contributed by atoms with E-state index >= 15 is 0 Å². The molecule has 0 radical (unpaired) electrons. The van der Waals surface area contributed by atoms with Gasteiger partial charge in [0, 0.05) is 13.5 Å². The van der Waals surface area contributed by atoms with E-state index in [4.69, 9.17) is 5.11 Å². The van der Waals surface area contributed by atoms with Crippen molar-refractivity contribution >= 4 is 23.7 Å². The van der Waals surface area contributed by atoms with E-state index in [2.05, 4.69) is 17.6 Å². The molecule has 3 amide bonds. The monoisotopic (exact) mass is 485 g/mol. The van der Waals surface area contributed by atoms with Gasteiger partial charge in [0.2, 0.25) is 17.7 Å². The number of likely N-dealkylation sites (N-methyl/N-ethyl adjacent to an activating group) is 1. The summed E-state index contributed by atoms with van der Waals surface area (Å²) in [7, 11) is 1.46. The van der Waals surface area contributed by atoms with Gasteiger partial charge >= 0.3 is 5.97 Å². The van der Waals surface area contributed by atoms with Crippen molar-refractivity contribution in [3.63, 3.8) is 0 Å². The van der Waals surface area contributed by atoms with Crippen LogP contribution >= 0.6 is 0 Å². The Morgan fingerprint density at radius 1 is 0.794 bits per heavy atom. The van der Waals surface area contributed by atoms with Crippen molar-refractivity contribution in [2.24, 2.45) is 0 Å². The van der Waals surface area contributed by atoms with Crippen LogP contribution in [0.15, 0.2) is 0 Å². The number of unbranched alkanes of at least 4 members (excludes halogenated alkanes) is 12. The van der Waals surface area contributed by atoms with Crippen molar-refractivity contribution in [3.05, 3.63) is 0 Å². The molecule has 9 nitrogen and oxygen atoms in total. The first-order valence-corrected chi connectivity index (χ1v) is 12.9. The van der Waals surface area contributed by atoms with Crippen LogP contribution in [0.1, 0.15) is 104 Å². The molecule has 0 spiro atoms. The molecule has 0 saturated carbocycles. The summed E-state index contributed by atoms with van der Waals surface area (Å²) in [5, 5.41) is 22.8. The topological polar surface area (TPSA) is 136 Å². The van der Waals surface area contributed by atoms with Gasteiger partial charge in [-0.05, 0) is 13.3 Å². The van der Waals surface area contributed by atoms with Crippen LogP contribution in [0.3, 0.4) is 0 Å². The zero-order valence-electron chi connectivity index (χ0n) is 21.4. The normalized spacial score (nSPS) is 12.6. The molecular formula is C25H47N3O6. The van der Waals surface area contributed by atoms with Crippen LogP contribution in [-0.2, 0) is 19.2 Å². The Balaban J connectivity index is 4.03. The molecule has 9 heteroatoms. The van der Waals surface area contributed by atoms with E-state index in [1.165, 1.54) is 83.1 Å². The van der Waals surface area contributed by atoms with Crippen molar-refractivity contribution in [1.82, 2.24) is 15.5 Å². The number of carboxylic acids is 1. The van der Waals surface area contributed by atoms with Gasteiger partial charge < -0.3 is 25.7 Å². The zero-order chi connectivity index (χ0) is 25.8. The Morgan fingerprint density at radius 2 is 1.26 bits per heavy atom. The van der Waals surface area contributed by atoms with Gasteiger partial charge in [-0.15, -0.1) is 0 Å². The number of carbonyl (C=O) groups is 4. The molecule has 34 heavy (non-hydrogen) atoms. The van der Waals surface area contributed by atoms with E-state index in [0.29, 0.717) is 6.42 Å². The number of hydrogen-bond donors (Lipinski definition) is 4. The lowest BCUT2D eigenvalue weighted by Crippen LogP contribution is -2.54. The second-order valence-electron chi connectivity index (χ2n) is 9.04. The van der Waals surface area contributed by atoms with Gasteiger partial charge in [0.25, 0.3) is 0 Å². The highest BCUT2D eigenvalue weighted by Crippen LogP contribution is 2.13. The maximum absolute atomic E-state index is 12.4. The number of aliphatic hydroxyl groups excluding tert-OH is 1. The van der Waals surface area contributed by atoms with Crippen molar-refractivity contribution in [3.8, 4) is 0 Å². The van der Waals surface area contributed by atoms with Crippen LogP contribution in [0.5, 0.6) is 0 Å². The number of carboxylic acid groups (broad SMARTS) is 1. The molecule has 198 valence electrons. The lowest BCUT2D eigenvalue weighted by atomic mass is 10.0. The highest BCUT2D eigenvalue weighted by Gasteiger charge is 2.28. The molecule has 2 unspecified atom stereocenters. The SMILES string of the molecule is CCCCCCCCCCCCCCCC(=O)N(C)C(CO)C(=O)NC(C)C(=O)NCC(=O)O. The summed E-state index contributed by atoms with van der Waals surface area (Å²) in [6, 6.07) is -2.10. The van der Waals surface area contributed by atoms with Gasteiger partial charge in [-0.1, -0.05) is 84.0 Å². The fraction of sp³-hybridized carbons (Fsp3) is 0.840.